The Labute approximate surface area is 80.4 Å². The zero-order chi connectivity index (χ0) is 9.84. The van der Waals surface area contributed by atoms with Crippen molar-refractivity contribution in [1.82, 2.24) is 10.3 Å². The molecule has 1 aromatic rings. The lowest BCUT2D eigenvalue weighted by atomic mass is 10.1. The first-order valence-electron chi connectivity index (χ1n) is 4.78. The van der Waals surface area contributed by atoms with Crippen molar-refractivity contribution in [1.29, 1.82) is 0 Å². The van der Waals surface area contributed by atoms with E-state index in [0.717, 1.165) is 0 Å². The standard InChI is InChI=1S/C11H18N2/c1-8(2)13-10(4)11-7-12-6-5-9(11)3/h5-8,10,13H,1-4H3. The number of nitrogens with zero attached hydrogens (tertiary/aromatic N) is 1. The second kappa shape index (κ2) is 4.38. The quantitative estimate of drug-likeness (QED) is 0.769. The molecule has 1 heterocycles. The first-order chi connectivity index (χ1) is 6.11. The fourth-order valence-electron chi connectivity index (χ4n) is 1.52. The molecule has 13 heavy (non-hydrogen) atoms. The van der Waals surface area contributed by atoms with Crippen LogP contribution in [-0.4, -0.2) is 11.0 Å². The minimum absolute atomic E-state index is 0.383. The van der Waals surface area contributed by atoms with Gasteiger partial charge in [0, 0.05) is 24.5 Å². The Kier molecular flexibility index (Phi) is 3.43. The SMILES string of the molecule is Cc1ccncc1C(C)NC(C)C. The predicted molar refractivity (Wildman–Crippen MR) is 55.7 cm³/mol. The number of nitrogens with one attached hydrogen (secondary N) is 1. The van der Waals surface area contributed by atoms with Gasteiger partial charge in [-0.15, -0.1) is 0 Å². The molecule has 0 amide bonds. The Balaban J connectivity index is 2.76. The monoisotopic (exact) mass is 178 g/mol. The molecule has 1 unspecified atom stereocenters. The van der Waals surface area contributed by atoms with Crippen LogP contribution in [0.5, 0.6) is 0 Å². The van der Waals surface area contributed by atoms with Crippen LogP contribution in [0.1, 0.15) is 37.9 Å². The van der Waals surface area contributed by atoms with E-state index in [0.29, 0.717) is 12.1 Å². The van der Waals surface area contributed by atoms with Crippen molar-refractivity contribution in [3.05, 3.63) is 29.6 Å². The highest BCUT2D eigenvalue weighted by Crippen LogP contribution is 2.15. The molecular formula is C11H18N2. The van der Waals surface area contributed by atoms with E-state index in [4.69, 9.17) is 0 Å². The van der Waals surface area contributed by atoms with Crippen LogP contribution in [0.2, 0.25) is 0 Å². The number of hydrogen-bond donors (Lipinski definition) is 1. The number of aryl methyl sites for hydroxylation is 1. The summed E-state index contributed by atoms with van der Waals surface area (Å²) in [7, 11) is 0. The van der Waals surface area contributed by atoms with Crippen molar-refractivity contribution in [2.24, 2.45) is 0 Å². The molecule has 0 aliphatic heterocycles. The molecule has 1 rings (SSSR count). The van der Waals surface area contributed by atoms with Crippen LogP contribution in [0.15, 0.2) is 18.5 Å². The van der Waals surface area contributed by atoms with Gasteiger partial charge >= 0.3 is 0 Å². The van der Waals surface area contributed by atoms with Gasteiger partial charge < -0.3 is 5.32 Å². The molecular weight excluding hydrogens is 160 g/mol. The summed E-state index contributed by atoms with van der Waals surface area (Å²) in [6, 6.07) is 2.94. The van der Waals surface area contributed by atoms with Gasteiger partial charge in [0.05, 0.1) is 0 Å². The number of pyridine rings is 1. The van der Waals surface area contributed by atoms with E-state index < -0.39 is 0 Å². The molecule has 0 fully saturated rings. The smallest absolute Gasteiger partial charge is 0.0318 e. The van der Waals surface area contributed by atoms with Gasteiger partial charge in [-0.3, -0.25) is 4.98 Å². The molecule has 1 atom stereocenters. The van der Waals surface area contributed by atoms with Crippen molar-refractivity contribution in [3.8, 4) is 0 Å². The highest BCUT2D eigenvalue weighted by Gasteiger charge is 2.08. The Morgan fingerprint density at radius 3 is 2.54 bits per heavy atom. The third kappa shape index (κ3) is 2.81. The van der Waals surface area contributed by atoms with Crippen LogP contribution in [0, 0.1) is 6.92 Å². The van der Waals surface area contributed by atoms with Crippen LogP contribution in [-0.2, 0) is 0 Å². The predicted octanol–water partition coefficient (Wildman–Crippen LogP) is 2.45. The van der Waals surface area contributed by atoms with Crippen molar-refractivity contribution in [2.75, 3.05) is 0 Å². The summed E-state index contributed by atoms with van der Waals surface area (Å²) in [5.41, 5.74) is 2.59. The maximum atomic E-state index is 4.13. The normalized spacial score (nSPS) is 13.3. The van der Waals surface area contributed by atoms with Crippen molar-refractivity contribution >= 4 is 0 Å². The topological polar surface area (TPSA) is 24.9 Å². The third-order valence-corrected chi connectivity index (χ3v) is 2.13. The van der Waals surface area contributed by atoms with E-state index in [2.05, 4.69) is 38.0 Å². The van der Waals surface area contributed by atoms with Crippen molar-refractivity contribution < 1.29 is 0 Å². The van der Waals surface area contributed by atoms with Crippen molar-refractivity contribution in [3.63, 3.8) is 0 Å². The highest BCUT2D eigenvalue weighted by atomic mass is 14.9. The lowest BCUT2D eigenvalue weighted by molar-refractivity contribution is 0.503. The molecule has 72 valence electrons. The van der Waals surface area contributed by atoms with Gasteiger partial charge in [-0.1, -0.05) is 13.8 Å². The second-order valence-corrected chi connectivity index (χ2v) is 3.78. The summed E-state index contributed by atoms with van der Waals surface area (Å²) >= 11 is 0. The second-order valence-electron chi connectivity index (χ2n) is 3.78. The molecule has 2 heteroatoms. The molecule has 0 aromatic carbocycles. The molecule has 1 N–H and O–H groups in total. The number of aromatic nitrogens is 1. The van der Waals surface area contributed by atoms with E-state index in [1.54, 1.807) is 0 Å². The summed E-state index contributed by atoms with van der Waals surface area (Å²) < 4.78 is 0. The summed E-state index contributed by atoms with van der Waals surface area (Å²) in [5, 5.41) is 3.46. The first-order valence-corrected chi connectivity index (χ1v) is 4.78. The van der Waals surface area contributed by atoms with E-state index in [1.807, 2.05) is 18.5 Å². The van der Waals surface area contributed by atoms with Crippen LogP contribution in [0.3, 0.4) is 0 Å². The Morgan fingerprint density at radius 2 is 2.00 bits per heavy atom. The average Bonchev–Trinajstić information content (AvgIpc) is 2.03. The maximum Gasteiger partial charge on any atom is 0.0318 e. The molecule has 1 aromatic heterocycles. The van der Waals surface area contributed by atoms with Crippen LogP contribution < -0.4 is 5.32 Å². The minimum atomic E-state index is 0.383. The molecule has 0 radical (unpaired) electrons. The fraction of sp³-hybridized carbons (Fsp3) is 0.545. The largest absolute Gasteiger partial charge is 0.308 e. The molecule has 0 saturated carbocycles. The summed E-state index contributed by atoms with van der Waals surface area (Å²) in [5.74, 6) is 0. The van der Waals surface area contributed by atoms with Gasteiger partial charge in [0.2, 0.25) is 0 Å². The molecule has 0 spiro atoms. The highest BCUT2D eigenvalue weighted by molar-refractivity contribution is 5.24. The average molecular weight is 178 g/mol. The van der Waals surface area contributed by atoms with E-state index in [1.165, 1.54) is 11.1 Å². The Bertz CT molecular complexity index is 269. The van der Waals surface area contributed by atoms with Gasteiger partial charge in [-0.2, -0.15) is 0 Å². The first kappa shape index (κ1) is 10.2. The van der Waals surface area contributed by atoms with Gasteiger partial charge in [-0.05, 0) is 31.0 Å². The molecule has 2 nitrogen and oxygen atoms in total. The molecule has 0 bridgehead atoms. The van der Waals surface area contributed by atoms with Gasteiger partial charge in [-0.25, -0.2) is 0 Å². The van der Waals surface area contributed by atoms with E-state index in [-0.39, 0.29) is 0 Å². The molecule has 0 saturated heterocycles. The maximum absolute atomic E-state index is 4.13. The van der Waals surface area contributed by atoms with Gasteiger partial charge in [0.25, 0.3) is 0 Å². The third-order valence-electron chi connectivity index (χ3n) is 2.13. The van der Waals surface area contributed by atoms with Crippen LogP contribution in [0.4, 0.5) is 0 Å². The summed E-state index contributed by atoms with van der Waals surface area (Å²) in [6.07, 6.45) is 3.77. The van der Waals surface area contributed by atoms with Gasteiger partial charge in [0.1, 0.15) is 0 Å². The fourth-order valence-corrected chi connectivity index (χ4v) is 1.52. The molecule has 0 aliphatic carbocycles. The van der Waals surface area contributed by atoms with Gasteiger partial charge in [0.15, 0.2) is 0 Å². The molecule has 0 aliphatic rings. The van der Waals surface area contributed by atoms with Crippen LogP contribution in [0.25, 0.3) is 0 Å². The van der Waals surface area contributed by atoms with E-state index >= 15 is 0 Å². The zero-order valence-electron chi connectivity index (χ0n) is 8.83. The lowest BCUT2D eigenvalue weighted by Crippen LogP contribution is -2.26. The van der Waals surface area contributed by atoms with Crippen LogP contribution >= 0.6 is 0 Å². The summed E-state index contributed by atoms with van der Waals surface area (Å²) in [4.78, 5) is 4.13. The van der Waals surface area contributed by atoms with E-state index in [9.17, 15) is 0 Å². The number of rotatable bonds is 3. The zero-order valence-corrected chi connectivity index (χ0v) is 8.83. The number of hydrogen-bond acceptors (Lipinski definition) is 2. The minimum Gasteiger partial charge on any atom is -0.308 e. The summed E-state index contributed by atoms with van der Waals surface area (Å²) in [6.45, 7) is 8.60. The lowest BCUT2D eigenvalue weighted by Gasteiger charge is -2.18. The Morgan fingerprint density at radius 1 is 1.31 bits per heavy atom. The van der Waals surface area contributed by atoms with Crippen molar-refractivity contribution in [2.45, 2.75) is 39.8 Å². The Hall–Kier alpha value is -0.890.